The van der Waals surface area contributed by atoms with E-state index in [1.54, 1.807) is 18.2 Å². The number of carbonyl (C=O) groups is 1. The van der Waals surface area contributed by atoms with Gasteiger partial charge < -0.3 is 9.73 Å². The Morgan fingerprint density at radius 3 is 2.47 bits per heavy atom. The molecule has 0 fully saturated rings. The summed E-state index contributed by atoms with van der Waals surface area (Å²) in [5.74, 6) is -0.568. The molecule has 0 spiro atoms. The third-order valence-corrected chi connectivity index (χ3v) is 7.50. The molecule has 174 valence electrons. The van der Waals surface area contributed by atoms with Crippen LogP contribution in [0.2, 0.25) is 0 Å². The van der Waals surface area contributed by atoms with E-state index < -0.39 is 15.8 Å². The molecular formula is C26H23FN2O4S. The van der Waals surface area contributed by atoms with Crippen LogP contribution >= 0.6 is 0 Å². The van der Waals surface area contributed by atoms with Gasteiger partial charge in [-0.1, -0.05) is 31.2 Å². The van der Waals surface area contributed by atoms with Crippen LogP contribution in [-0.4, -0.2) is 27.6 Å². The number of rotatable bonds is 3. The van der Waals surface area contributed by atoms with Crippen LogP contribution < -0.4 is 9.62 Å². The summed E-state index contributed by atoms with van der Waals surface area (Å²) < 4.78 is 46.7. The van der Waals surface area contributed by atoms with Crippen molar-refractivity contribution in [1.29, 1.82) is 0 Å². The van der Waals surface area contributed by atoms with Crippen LogP contribution in [-0.2, 0) is 16.6 Å². The monoisotopic (exact) mass is 478 g/mol. The van der Waals surface area contributed by atoms with Gasteiger partial charge in [-0.05, 0) is 47.0 Å². The molecule has 0 bridgehead atoms. The summed E-state index contributed by atoms with van der Waals surface area (Å²) >= 11 is 0. The van der Waals surface area contributed by atoms with Gasteiger partial charge in [-0.3, -0.25) is 9.10 Å². The minimum absolute atomic E-state index is 0.121. The number of benzene rings is 3. The average Bonchev–Trinajstić information content (AvgIpc) is 3.13. The second-order valence-corrected chi connectivity index (χ2v) is 10.4. The van der Waals surface area contributed by atoms with E-state index in [-0.39, 0.29) is 18.4 Å². The summed E-state index contributed by atoms with van der Waals surface area (Å²) in [6.07, 6.45) is 1.18. The zero-order valence-electron chi connectivity index (χ0n) is 18.9. The maximum atomic E-state index is 13.5. The lowest BCUT2D eigenvalue weighted by Gasteiger charge is -2.23. The van der Waals surface area contributed by atoms with E-state index in [1.165, 1.54) is 29.7 Å². The number of hydrogen-bond donors (Lipinski definition) is 1. The number of nitrogens with zero attached hydrogens (tertiary/aromatic N) is 1. The van der Waals surface area contributed by atoms with Crippen molar-refractivity contribution in [1.82, 2.24) is 5.32 Å². The first-order valence-corrected chi connectivity index (χ1v) is 12.7. The van der Waals surface area contributed by atoms with Gasteiger partial charge in [0.2, 0.25) is 10.0 Å². The first kappa shape index (κ1) is 22.2. The average molecular weight is 479 g/mol. The number of hydrogen-bond acceptors (Lipinski definition) is 4. The van der Waals surface area contributed by atoms with Crippen LogP contribution in [0, 0.1) is 5.82 Å². The van der Waals surface area contributed by atoms with Crippen molar-refractivity contribution in [3.05, 3.63) is 88.7 Å². The van der Waals surface area contributed by atoms with Crippen molar-refractivity contribution in [2.75, 3.05) is 17.6 Å². The second kappa shape index (κ2) is 7.99. The van der Waals surface area contributed by atoms with Gasteiger partial charge >= 0.3 is 0 Å². The first-order valence-electron chi connectivity index (χ1n) is 10.8. The zero-order valence-corrected chi connectivity index (χ0v) is 19.7. The summed E-state index contributed by atoms with van der Waals surface area (Å²) in [5, 5.41) is 3.22. The van der Waals surface area contributed by atoms with E-state index in [2.05, 4.69) is 5.32 Å². The van der Waals surface area contributed by atoms with Crippen molar-refractivity contribution in [3.8, 4) is 11.3 Å². The van der Waals surface area contributed by atoms with Crippen LogP contribution in [0.4, 0.5) is 10.1 Å². The molecule has 1 aliphatic rings. The van der Waals surface area contributed by atoms with E-state index in [4.69, 9.17) is 4.42 Å². The fraction of sp³-hybridized carbons (Fsp3) is 0.192. The fourth-order valence-electron chi connectivity index (χ4n) is 4.67. The van der Waals surface area contributed by atoms with Gasteiger partial charge in [-0.2, -0.15) is 0 Å². The topological polar surface area (TPSA) is 79.6 Å². The molecule has 2 heterocycles. The van der Waals surface area contributed by atoms with Crippen molar-refractivity contribution < 1.29 is 22.0 Å². The molecule has 8 heteroatoms. The van der Waals surface area contributed by atoms with Gasteiger partial charge in [0, 0.05) is 30.0 Å². The molecule has 3 aromatic carbocycles. The molecule has 1 atom stereocenters. The summed E-state index contributed by atoms with van der Waals surface area (Å²) in [6.45, 7) is 2.22. The summed E-state index contributed by atoms with van der Waals surface area (Å²) in [5.41, 5.74) is 4.49. The van der Waals surface area contributed by atoms with Gasteiger partial charge in [0.05, 0.1) is 24.1 Å². The number of sulfonamides is 1. The van der Waals surface area contributed by atoms with E-state index >= 15 is 0 Å². The number of anilines is 1. The van der Waals surface area contributed by atoms with Crippen molar-refractivity contribution in [2.45, 2.75) is 19.4 Å². The third-order valence-electron chi connectivity index (χ3n) is 6.37. The van der Waals surface area contributed by atoms with Crippen molar-refractivity contribution >= 4 is 32.6 Å². The molecule has 0 saturated carbocycles. The second-order valence-electron chi connectivity index (χ2n) is 8.49. The highest BCUT2D eigenvalue weighted by molar-refractivity contribution is 7.92. The smallest absolute Gasteiger partial charge is 0.255 e. The Kier molecular flexibility index (Phi) is 5.20. The molecule has 5 rings (SSSR count). The molecule has 34 heavy (non-hydrogen) atoms. The predicted molar refractivity (Wildman–Crippen MR) is 130 cm³/mol. The van der Waals surface area contributed by atoms with Crippen molar-refractivity contribution in [3.63, 3.8) is 0 Å². The maximum absolute atomic E-state index is 13.5. The minimum atomic E-state index is -3.61. The Morgan fingerprint density at radius 2 is 1.79 bits per heavy atom. The van der Waals surface area contributed by atoms with Crippen LogP contribution in [0.1, 0.15) is 39.9 Å². The summed E-state index contributed by atoms with van der Waals surface area (Å²) in [6, 6.07) is 17.0. The lowest BCUT2D eigenvalue weighted by Crippen LogP contribution is -2.29. The van der Waals surface area contributed by atoms with Crippen LogP contribution in [0.5, 0.6) is 0 Å². The van der Waals surface area contributed by atoms with E-state index in [1.807, 2.05) is 37.3 Å². The molecule has 0 radical (unpaired) electrons. The van der Waals surface area contributed by atoms with E-state index in [0.29, 0.717) is 33.5 Å². The lowest BCUT2D eigenvalue weighted by atomic mass is 9.89. The van der Waals surface area contributed by atoms with E-state index in [9.17, 15) is 17.6 Å². The molecule has 0 aliphatic carbocycles. The molecule has 4 aromatic rings. The Labute approximate surface area is 197 Å². The van der Waals surface area contributed by atoms with Gasteiger partial charge in [-0.15, -0.1) is 0 Å². The summed E-state index contributed by atoms with van der Waals surface area (Å²) in [4.78, 5) is 12.9. The number of amides is 1. The quantitative estimate of drug-likeness (QED) is 0.448. The van der Waals surface area contributed by atoms with Crippen molar-refractivity contribution in [2.24, 2.45) is 0 Å². The molecule has 1 amide bonds. The van der Waals surface area contributed by atoms with Gasteiger partial charge in [0.15, 0.2) is 0 Å². The SMILES string of the molecule is CNC(=O)c1c(-c2ccc(F)cc2)oc2cc3c(cc12)[C@@H](C)c1ccccc1CN3S(C)(=O)=O. The molecule has 0 saturated heterocycles. The number of carbonyl (C=O) groups excluding carboxylic acids is 1. The minimum Gasteiger partial charge on any atom is -0.455 e. The van der Waals surface area contributed by atoms with E-state index in [0.717, 1.165) is 16.7 Å². The predicted octanol–water partition coefficient (Wildman–Crippen LogP) is 5.03. The Balaban J connectivity index is 1.84. The molecule has 6 nitrogen and oxygen atoms in total. The molecule has 1 aromatic heterocycles. The molecule has 1 aliphatic heterocycles. The largest absolute Gasteiger partial charge is 0.455 e. The number of nitrogens with one attached hydrogen (secondary N) is 1. The third kappa shape index (κ3) is 3.54. The fourth-order valence-corrected chi connectivity index (χ4v) is 5.56. The highest BCUT2D eigenvalue weighted by Gasteiger charge is 2.32. The Morgan fingerprint density at radius 1 is 1.09 bits per heavy atom. The van der Waals surface area contributed by atoms with Gasteiger partial charge in [0.1, 0.15) is 17.2 Å². The molecule has 1 N–H and O–H groups in total. The van der Waals surface area contributed by atoms with Crippen LogP contribution in [0.15, 0.2) is 65.1 Å². The highest BCUT2D eigenvalue weighted by Crippen LogP contribution is 2.44. The number of fused-ring (bicyclic) bond motifs is 3. The number of halogens is 1. The normalized spacial score (nSPS) is 15.5. The molecular weight excluding hydrogens is 455 g/mol. The Bertz CT molecular complexity index is 1540. The number of furan rings is 1. The first-order chi connectivity index (χ1) is 16.2. The van der Waals surface area contributed by atoms with Gasteiger partial charge in [-0.25, -0.2) is 12.8 Å². The highest BCUT2D eigenvalue weighted by atomic mass is 32.2. The van der Waals surface area contributed by atoms with Crippen LogP contribution in [0.3, 0.4) is 0 Å². The maximum Gasteiger partial charge on any atom is 0.255 e. The summed E-state index contributed by atoms with van der Waals surface area (Å²) in [7, 11) is -2.08. The Hall–Kier alpha value is -3.65. The zero-order chi connectivity index (χ0) is 24.2. The van der Waals surface area contributed by atoms with Gasteiger partial charge in [0.25, 0.3) is 5.91 Å². The molecule has 0 unspecified atom stereocenters. The van der Waals surface area contributed by atoms with Crippen LogP contribution in [0.25, 0.3) is 22.3 Å². The lowest BCUT2D eigenvalue weighted by molar-refractivity contribution is 0.0964. The standard InChI is InChI=1S/C26H23FN2O4S/c1-15-19-7-5-4-6-17(19)14-29(34(3,31)32)22-13-23-21(12-20(15)22)24(26(30)28-2)25(33-23)16-8-10-18(27)11-9-16/h4-13,15H,14H2,1-3H3,(H,28,30)/t15-/m0/s1.